The van der Waals surface area contributed by atoms with Crippen molar-refractivity contribution >= 4 is 24.5 Å². The Hall–Kier alpha value is -0.750. The molecule has 1 saturated heterocycles. The van der Waals surface area contributed by atoms with E-state index in [9.17, 15) is 9.59 Å². The third-order valence-corrected chi connectivity index (χ3v) is 3.41. The molecule has 0 aromatic rings. The van der Waals surface area contributed by atoms with Crippen LogP contribution < -0.4 is 0 Å². The number of methoxy groups -OCH3 is 1. The van der Waals surface area contributed by atoms with Crippen LogP contribution in [0, 0.1) is 5.92 Å². The lowest BCUT2D eigenvalue weighted by Gasteiger charge is -2.23. The minimum Gasteiger partial charge on any atom is -0.480 e. The lowest BCUT2D eigenvalue weighted by atomic mass is 10.1. The molecule has 1 fully saturated rings. The Kier molecular flexibility index (Phi) is 4.61. The number of rotatable bonds is 4. The molecule has 3 atom stereocenters. The monoisotopic (exact) mass is 247 g/mol. The third kappa shape index (κ3) is 2.68. The first-order chi connectivity index (χ1) is 7.51. The molecular weight excluding hydrogens is 230 g/mol. The Labute approximate surface area is 100 Å². The molecule has 0 saturated carbocycles. The standard InChI is InChI=1S/C10H17NO4S/c1-6(5-16)9(12)11-4-7(15-2)3-8(11)10(13)14/h6-8,16H,3-5H2,1-2H3,(H,13,14)/t6-,7-,8+/m1/s1. The number of likely N-dealkylation sites (tertiary alicyclic amines) is 1. The highest BCUT2D eigenvalue weighted by Gasteiger charge is 2.40. The summed E-state index contributed by atoms with van der Waals surface area (Å²) in [6, 6.07) is -0.764. The quantitative estimate of drug-likeness (QED) is 0.699. The Balaban J connectivity index is 2.76. The molecule has 0 aromatic carbocycles. The van der Waals surface area contributed by atoms with E-state index in [1.165, 1.54) is 12.0 Å². The first-order valence-electron chi connectivity index (χ1n) is 5.18. The van der Waals surface area contributed by atoms with Crippen molar-refractivity contribution < 1.29 is 19.4 Å². The first-order valence-corrected chi connectivity index (χ1v) is 5.81. The van der Waals surface area contributed by atoms with Gasteiger partial charge in [-0.1, -0.05) is 6.92 Å². The number of amides is 1. The number of ether oxygens (including phenoxy) is 1. The number of carboxylic acid groups (broad SMARTS) is 1. The van der Waals surface area contributed by atoms with Crippen molar-refractivity contribution in [2.24, 2.45) is 5.92 Å². The molecular formula is C10H17NO4S. The number of aliphatic carboxylic acids is 1. The van der Waals surface area contributed by atoms with Gasteiger partial charge in [0.1, 0.15) is 6.04 Å². The van der Waals surface area contributed by atoms with Crippen molar-refractivity contribution in [1.29, 1.82) is 0 Å². The Morgan fingerprint density at radius 1 is 1.62 bits per heavy atom. The molecule has 0 aromatic heterocycles. The Morgan fingerprint density at radius 3 is 2.69 bits per heavy atom. The fourth-order valence-electron chi connectivity index (χ4n) is 1.81. The fourth-order valence-corrected chi connectivity index (χ4v) is 1.96. The van der Waals surface area contributed by atoms with Gasteiger partial charge < -0.3 is 14.7 Å². The van der Waals surface area contributed by atoms with E-state index in [0.29, 0.717) is 18.7 Å². The van der Waals surface area contributed by atoms with Crippen LogP contribution in [0.25, 0.3) is 0 Å². The van der Waals surface area contributed by atoms with E-state index in [0.717, 1.165) is 0 Å². The van der Waals surface area contributed by atoms with E-state index in [2.05, 4.69) is 12.6 Å². The lowest BCUT2D eigenvalue weighted by molar-refractivity contribution is -0.149. The summed E-state index contributed by atoms with van der Waals surface area (Å²) in [6.45, 7) is 2.10. The van der Waals surface area contributed by atoms with Crippen molar-refractivity contribution in [2.45, 2.75) is 25.5 Å². The van der Waals surface area contributed by atoms with E-state index >= 15 is 0 Å². The van der Waals surface area contributed by atoms with Crippen LogP contribution in [0.3, 0.4) is 0 Å². The highest BCUT2D eigenvalue weighted by Crippen LogP contribution is 2.22. The summed E-state index contributed by atoms with van der Waals surface area (Å²) >= 11 is 4.05. The Bertz CT molecular complexity index is 284. The number of thiol groups is 1. The van der Waals surface area contributed by atoms with Gasteiger partial charge in [0.25, 0.3) is 0 Å². The van der Waals surface area contributed by atoms with Crippen LogP contribution in [-0.2, 0) is 14.3 Å². The molecule has 92 valence electrons. The van der Waals surface area contributed by atoms with Crippen LogP contribution >= 0.6 is 12.6 Å². The van der Waals surface area contributed by atoms with Crippen LogP contribution in [0.15, 0.2) is 0 Å². The molecule has 5 nitrogen and oxygen atoms in total. The summed E-state index contributed by atoms with van der Waals surface area (Å²) in [6.07, 6.45) is 0.175. The fraction of sp³-hybridized carbons (Fsp3) is 0.800. The molecule has 1 aliphatic heterocycles. The van der Waals surface area contributed by atoms with Gasteiger partial charge in [-0.25, -0.2) is 4.79 Å². The van der Waals surface area contributed by atoms with Crippen LogP contribution in [-0.4, -0.2) is 53.4 Å². The van der Waals surface area contributed by atoms with Crippen molar-refractivity contribution in [3.63, 3.8) is 0 Å². The summed E-state index contributed by atoms with van der Waals surface area (Å²) < 4.78 is 5.11. The first kappa shape index (κ1) is 13.3. The minimum atomic E-state index is -0.973. The lowest BCUT2D eigenvalue weighted by Crippen LogP contribution is -2.43. The predicted molar refractivity (Wildman–Crippen MR) is 61.6 cm³/mol. The normalized spacial score (nSPS) is 26.8. The second-order valence-corrected chi connectivity index (χ2v) is 4.39. The van der Waals surface area contributed by atoms with Gasteiger partial charge in [0.2, 0.25) is 5.91 Å². The van der Waals surface area contributed by atoms with Gasteiger partial charge in [0.05, 0.1) is 6.10 Å². The van der Waals surface area contributed by atoms with E-state index in [1.54, 1.807) is 6.92 Å². The van der Waals surface area contributed by atoms with E-state index in [4.69, 9.17) is 9.84 Å². The molecule has 0 unspecified atom stereocenters. The maximum Gasteiger partial charge on any atom is 0.326 e. The maximum atomic E-state index is 11.9. The van der Waals surface area contributed by atoms with Gasteiger partial charge in [-0.15, -0.1) is 0 Å². The van der Waals surface area contributed by atoms with Crippen molar-refractivity contribution in [1.82, 2.24) is 4.90 Å². The number of carboxylic acids is 1. The molecule has 1 heterocycles. The van der Waals surface area contributed by atoms with E-state index in [-0.39, 0.29) is 17.9 Å². The molecule has 1 aliphatic rings. The summed E-state index contributed by atoms with van der Waals surface area (Å²) in [5, 5.41) is 9.03. The SMILES string of the molecule is CO[C@@H]1C[C@@H](C(=O)O)N(C(=O)[C@H](C)CS)C1. The average Bonchev–Trinajstić information content (AvgIpc) is 2.71. The number of carbonyl (C=O) groups excluding carboxylic acids is 1. The third-order valence-electron chi connectivity index (χ3n) is 2.86. The molecule has 1 amide bonds. The zero-order chi connectivity index (χ0) is 12.3. The van der Waals surface area contributed by atoms with Gasteiger partial charge in [0, 0.05) is 31.7 Å². The molecule has 1 rings (SSSR count). The smallest absolute Gasteiger partial charge is 0.326 e. The number of hydrogen-bond donors (Lipinski definition) is 2. The zero-order valence-corrected chi connectivity index (χ0v) is 10.3. The summed E-state index contributed by atoms with van der Waals surface area (Å²) in [7, 11) is 1.53. The summed E-state index contributed by atoms with van der Waals surface area (Å²) in [5.41, 5.74) is 0. The van der Waals surface area contributed by atoms with Gasteiger partial charge in [0.15, 0.2) is 0 Å². The van der Waals surface area contributed by atoms with Gasteiger partial charge in [-0.05, 0) is 0 Å². The van der Waals surface area contributed by atoms with Crippen LogP contribution in [0.1, 0.15) is 13.3 Å². The second-order valence-electron chi connectivity index (χ2n) is 4.02. The van der Waals surface area contributed by atoms with Gasteiger partial charge in [-0.2, -0.15) is 12.6 Å². The van der Waals surface area contributed by atoms with Crippen molar-refractivity contribution in [3.05, 3.63) is 0 Å². The molecule has 6 heteroatoms. The van der Waals surface area contributed by atoms with Crippen LogP contribution in [0.5, 0.6) is 0 Å². The predicted octanol–water partition coefficient (Wildman–Crippen LogP) is 0.253. The topological polar surface area (TPSA) is 66.8 Å². The highest BCUT2D eigenvalue weighted by molar-refractivity contribution is 7.80. The van der Waals surface area contributed by atoms with Crippen molar-refractivity contribution in [2.75, 3.05) is 19.4 Å². The molecule has 0 radical (unpaired) electrons. The average molecular weight is 247 g/mol. The van der Waals surface area contributed by atoms with Crippen molar-refractivity contribution in [3.8, 4) is 0 Å². The molecule has 0 aliphatic carbocycles. The maximum absolute atomic E-state index is 11.9. The number of hydrogen-bond acceptors (Lipinski definition) is 4. The van der Waals surface area contributed by atoms with E-state index < -0.39 is 12.0 Å². The number of nitrogens with zero attached hydrogens (tertiary/aromatic N) is 1. The van der Waals surface area contributed by atoms with Crippen LogP contribution in [0.4, 0.5) is 0 Å². The molecule has 0 bridgehead atoms. The second kappa shape index (κ2) is 5.54. The van der Waals surface area contributed by atoms with Crippen LogP contribution in [0.2, 0.25) is 0 Å². The van der Waals surface area contributed by atoms with E-state index in [1.807, 2.05) is 0 Å². The van der Waals surface area contributed by atoms with Gasteiger partial charge >= 0.3 is 5.97 Å². The number of carbonyl (C=O) groups is 2. The van der Waals surface area contributed by atoms with Gasteiger partial charge in [-0.3, -0.25) is 4.79 Å². The summed E-state index contributed by atoms with van der Waals surface area (Å²) in [4.78, 5) is 24.3. The largest absolute Gasteiger partial charge is 0.480 e. The molecule has 1 N–H and O–H groups in total. The zero-order valence-electron chi connectivity index (χ0n) is 9.42. The Morgan fingerprint density at radius 2 is 2.25 bits per heavy atom. The molecule has 0 spiro atoms. The highest BCUT2D eigenvalue weighted by atomic mass is 32.1. The minimum absolute atomic E-state index is 0.165. The summed E-state index contributed by atoms with van der Waals surface area (Å²) in [5.74, 6) is -0.985. The molecule has 16 heavy (non-hydrogen) atoms.